The maximum atomic E-state index is 13.3. The first kappa shape index (κ1) is 22.9. The predicted octanol–water partition coefficient (Wildman–Crippen LogP) is 4.30. The summed E-state index contributed by atoms with van der Waals surface area (Å²) in [6.45, 7) is 3.12. The monoisotopic (exact) mass is 431 g/mol. The number of hydrogen-bond donors (Lipinski definition) is 0. The molecule has 2 atom stereocenters. The second kappa shape index (κ2) is 10.5. The number of ether oxygens (including phenoxy) is 1. The summed E-state index contributed by atoms with van der Waals surface area (Å²) >= 11 is 0. The van der Waals surface area contributed by atoms with Gasteiger partial charge in [-0.25, -0.2) is 0 Å². The van der Waals surface area contributed by atoms with Crippen LogP contribution >= 0.6 is 0 Å². The normalized spacial score (nSPS) is 12.6. The molecule has 0 amide bonds. The van der Waals surface area contributed by atoms with E-state index in [1.54, 1.807) is 73.7 Å². The molecule has 1 heterocycles. The average Bonchev–Trinajstić information content (AvgIpc) is 3.29. The number of rotatable bonds is 9. The number of hydrogen-bond acceptors (Lipinski definition) is 5. The summed E-state index contributed by atoms with van der Waals surface area (Å²) in [4.78, 5) is 51.3. The first-order valence-electron chi connectivity index (χ1n) is 10.5. The number of ketones is 2. The maximum absolute atomic E-state index is 13.3. The van der Waals surface area contributed by atoms with Gasteiger partial charge >= 0.3 is 5.97 Å². The van der Waals surface area contributed by atoms with Gasteiger partial charge in [-0.15, -0.1) is 0 Å². The Kier molecular flexibility index (Phi) is 7.49. The fourth-order valence-electron chi connectivity index (χ4n) is 3.78. The van der Waals surface area contributed by atoms with Gasteiger partial charge in [0.2, 0.25) is 0 Å². The van der Waals surface area contributed by atoms with Crippen molar-refractivity contribution in [1.29, 1.82) is 0 Å². The Morgan fingerprint density at radius 2 is 1.50 bits per heavy atom. The van der Waals surface area contributed by atoms with Crippen LogP contribution in [-0.2, 0) is 14.3 Å². The number of benzene rings is 2. The minimum Gasteiger partial charge on any atom is -0.465 e. The number of aromatic nitrogens is 1. The van der Waals surface area contributed by atoms with Gasteiger partial charge in [-0.3, -0.25) is 23.7 Å². The Labute approximate surface area is 186 Å². The Balaban J connectivity index is 1.95. The molecule has 0 aliphatic carbocycles. The molecule has 0 spiro atoms. The summed E-state index contributed by atoms with van der Waals surface area (Å²) in [5.41, 5.74) is 1.33. The Morgan fingerprint density at radius 1 is 0.875 bits per heavy atom. The Hall–Kier alpha value is -3.80. The first-order chi connectivity index (χ1) is 15.4. The molecule has 0 saturated carbocycles. The summed E-state index contributed by atoms with van der Waals surface area (Å²) in [5.74, 6) is -3.53. The smallest absolute Gasteiger partial charge is 0.317 e. The molecular weight excluding hydrogens is 406 g/mol. The van der Waals surface area contributed by atoms with E-state index in [1.165, 1.54) is 17.7 Å². The van der Waals surface area contributed by atoms with Gasteiger partial charge in [0.05, 0.1) is 12.3 Å². The first-order valence-corrected chi connectivity index (χ1v) is 10.5. The van der Waals surface area contributed by atoms with Gasteiger partial charge in [-0.2, -0.15) is 0 Å². The predicted molar refractivity (Wildman–Crippen MR) is 120 cm³/mol. The fourth-order valence-corrected chi connectivity index (χ4v) is 3.78. The summed E-state index contributed by atoms with van der Waals surface area (Å²) in [7, 11) is 0. The van der Waals surface area contributed by atoms with E-state index in [1.807, 2.05) is 6.07 Å². The van der Waals surface area contributed by atoms with Crippen LogP contribution < -0.4 is 0 Å². The van der Waals surface area contributed by atoms with Crippen LogP contribution in [0.15, 0.2) is 79.0 Å². The fraction of sp³-hybridized carbons (Fsp3) is 0.231. The molecule has 2 unspecified atom stereocenters. The molecular formula is C26H25NO5. The van der Waals surface area contributed by atoms with E-state index in [4.69, 9.17) is 4.74 Å². The number of Topliss-reactive ketones (excluding diaryl/α,β-unsaturated/α-hetero) is 2. The molecule has 0 radical (unpaired) electrons. The van der Waals surface area contributed by atoms with E-state index in [2.05, 4.69) is 0 Å². The van der Waals surface area contributed by atoms with Crippen LogP contribution in [0.25, 0.3) is 0 Å². The lowest BCUT2D eigenvalue weighted by Gasteiger charge is -2.24. The SMILES string of the molecule is CCOC(=O)C(C(C)=O)C(CC(=O)c1cccn1C(=O)c1ccccc1)c1ccccc1. The van der Waals surface area contributed by atoms with Crippen molar-refractivity contribution in [3.63, 3.8) is 0 Å². The third-order valence-electron chi connectivity index (χ3n) is 5.29. The van der Waals surface area contributed by atoms with Crippen molar-refractivity contribution in [2.45, 2.75) is 26.2 Å². The summed E-state index contributed by atoms with van der Waals surface area (Å²) in [6.07, 6.45) is 1.41. The van der Waals surface area contributed by atoms with Crippen molar-refractivity contribution in [3.8, 4) is 0 Å². The minimum absolute atomic E-state index is 0.126. The van der Waals surface area contributed by atoms with Crippen molar-refractivity contribution in [2.24, 2.45) is 5.92 Å². The van der Waals surface area contributed by atoms with Crippen molar-refractivity contribution in [1.82, 2.24) is 4.57 Å². The third kappa shape index (κ3) is 5.09. The van der Waals surface area contributed by atoms with Crippen molar-refractivity contribution < 1.29 is 23.9 Å². The molecule has 3 aromatic rings. The second-order valence-corrected chi connectivity index (χ2v) is 7.42. The van der Waals surface area contributed by atoms with E-state index in [0.29, 0.717) is 11.1 Å². The van der Waals surface area contributed by atoms with Gasteiger partial charge in [0.25, 0.3) is 5.91 Å². The number of nitrogens with zero attached hydrogens (tertiary/aromatic N) is 1. The Morgan fingerprint density at radius 3 is 2.09 bits per heavy atom. The summed E-state index contributed by atoms with van der Waals surface area (Å²) in [5, 5.41) is 0. The molecule has 2 aromatic carbocycles. The van der Waals surface area contributed by atoms with Crippen molar-refractivity contribution in [3.05, 3.63) is 95.8 Å². The highest BCUT2D eigenvalue weighted by molar-refractivity contribution is 6.05. The lowest BCUT2D eigenvalue weighted by Crippen LogP contribution is -2.32. The molecule has 6 nitrogen and oxygen atoms in total. The van der Waals surface area contributed by atoms with Crippen LogP contribution in [0.4, 0.5) is 0 Å². The molecule has 1 aromatic heterocycles. The molecule has 0 bridgehead atoms. The van der Waals surface area contributed by atoms with Crippen LogP contribution in [0.3, 0.4) is 0 Å². The molecule has 0 N–H and O–H groups in total. The molecule has 0 fully saturated rings. The van der Waals surface area contributed by atoms with E-state index >= 15 is 0 Å². The van der Waals surface area contributed by atoms with E-state index in [9.17, 15) is 19.2 Å². The zero-order chi connectivity index (χ0) is 23.1. The van der Waals surface area contributed by atoms with Crippen LogP contribution in [-0.4, -0.2) is 34.6 Å². The summed E-state index contributed by atoms with van der Waals surface area (Å²) < 4.78 is 6.43. The molecule has 0 aliphatic heterocycles. The third-order valence-corrected chi connectivity index (χ3v) is 5.29. The van der Waals surface area contributed by atoms with E-state index < -0.39 is 17.8 Å². The van der Waals surface area contributed by atoms with Gasteiger partial charge < -0.3 is 4.74 Å². The van der Waals surface area contributed by atoms with Gasteiger partial charge in [0, 0.05) is 24.1 Å². The Bertz CT molecular complexity index is 1100. The molecule has 0 saturated heterocycles. The highest BCUT2D eigenvalue weighted by Gasteiger charge is 2.36. The largest absolute Gasteiger partial charge is 0.465 e. The van der Waals surface area contributed by atoms with E-state index in [0.717, 1.165) is 0 Å². The number of esters is 1. The van der Waals surface area contributed by atoms with Crippen molar-refractivity contribution in [2.75, 3.05) is 6.61 Å². The van der Waals surface area contributed by atoms with Crippen LogP contribution in [0.2, 0.25) is 0 Å². The molecule has 6 heteroatoms. The lowest BCUT2D eigenvalue weighted by atomic mass is 9.80. The van der Waals surface area contributed by atoms with E-state index in [-0.39, 0.29) is 36.2 Å². The van der Waals surface area contributed by atoms with Gasteiger partial charge in [-0.1, -0.05) is 48.5 Å². The standard InChI is InChI=1S/C26H25NO5/c1-3-32-26(31)24(18(2)28)21(19-11-6-4-7-12-19)17-23(29)22-15-10-16-27(22)25(30)20-13-8-5-9-14-20/h4-16,21,24H,3,17H2,1-2H3. The van der Waals surface area contributed by atoms with Crippen molar-refractivity contribution >= 4 is 23.4 Å². The minimum atomic E-state index is -1.12. The van der Waals surface area contributed by atoms with Gasteiger partial charge in [0.15, 0.2) is 5.78 Å². The topological polar surface area (TPSA) is 82.4 Å². The molecule has 164 valence electrons. The zero-order valence-electron chi connectivity index (χ0n) is 18.1. The lowest BCUT2D eigenvalue weighted by molar-refractivity contribution is -0.152. The number of carbonyl (C=O) groups excluding carboxylic acids is 4. The van der Waals surface area contributed by atoms with Gasteiger partial charge in [-0.05, 0) is 43.7 Å². The highest BCUT2D eigenvalue weighted by Crippen LogP contribution is 2.32. The molecule has 0 aliphatic rings. The molecule has 3 rings (SSSR count). The average molecular weight is 431 g/mol. The van der Waals surface area contributed by atoms with Crippen LogP contribution in [0.5, 0.6) is 0 Å². The van der Waals surface area contributed by atoms with Gasteiger partial charge in [0.1, 0.15) is 11.7 Å². The second-order valence-electron chi connectivity index (χ2n) is 7.42. The van der Waals surface area contributed by atoms with Crippen LogP contribution in [0.1, 0.15) is 52.6 Å². The zero-order valence-corrected chi connectivity index (χ0v) is 18.1. The quantitative estimate of drug-likeness (QED) is 0.287. The van der Waals surface area contributed by atoms with Crippen LogP contribution in [0, 0.1) is 5.92 Å². The number of carbonyl (C=O) groups is 4. The maximum Gasteiger partial charge on any atom is 0.317 e. The molecule has 32 heavy (non-hydrogen) atoms. The highest BCUT2D eigenvalue weighted by atomic mass is 16.5. The summed E-state index contributed by atoms with van der Waals surface area (Å²) in [6, 6.07) is 20.8.